The molecule has 2 N–H and O–H groups in total. The third kappa shape index (κ3) is 2.59. The van der Waals surface area contributed by atoms with E-state index >= 15 is 0 Å². The van der Waals surface area contributed by atoms with E-state index in [1.165, 1.54) is 18.2 Å². The minimum absolute atomic E-state index is 0.343. The second-order valence-electron chi connectivity index (χ2n) is 3.76. The van der Waals surface area contributed by atoms with E-state index in [2.05, 4.69) is 25.9 Å². The van der Waals surface area contributed by atoms with Crippen molar-refractivity contribution in [2.45, 2.75) is 13.8 Å². The Labute approximate surface area is 112 Å². The molecule has 18 heavy (non-hydrogen) atoms. The van der Waals surface area contributed by atoms with Crippen LogP contribution in [0.4, 0.5) is 10.2 Å². The van der Waals surface area contributed by atoms with Gasteiger partial charge in [-0.25, -0.2) is 9.37 Å². The summed E-state index contributed by atoms with van der Waals surface area (Å²) in [6.07, 6.45) is 0. The molecule has 0 unspecified atom stereocenters. The lowest BCUT2D eigenvalue weighted by molar-refractivity contribution is 0.451. The standard InChI is InChI=1S/C12H11BrFN3O/c1-6-11(15)16-7(2)17-12(6)18-10-4-3-8(14)5-9(10)13/h3-5H,1-2H3,(H2,15,16,17). The van der Waals surface area contributed by atoms with Crippen LogP contribution >= 0.6 is 15.9 Å². The minimum Gasteiger partial charge on any atom is -0.437 e. The molecule has 1 aromatic heterocycles. The van der Waals surface area contributed by atoms with Crippen LogP contribution in [0.15, 0.2) is 22.7 Å². The third-order valence-corrected chi connectivity index (χ3v) is 2.97. The summed E-state index contributed by atoms with van der Waals surface area (Å²) in [5.74, 6) is 1.38. The second-order valence-corrected chi connectivity index (χ2v) is 4.62. The van der Waals surface area contributed by atoms with Crippen molar-refractivity contribution in [1.82, 2.24) is 9.97 Å². The Balaban J connectivity index is 2.40. The second kappa shape index (κ2) is 4.89. The van der Waals surface area contributed by atoms with Gasteiger partial charge in [-0.05, 0) is 48.0 Å². The smallest absolute Gasteiger partial charge is 0.227 e. The molecule has 0 saturated heterocycles. The Morgan fingerprint density at radius 3 is 2.67 bits per heavy atom. The van der Waals surface area contributed by atoms with Crippen molar-refractivity contribution in [3.05, 3.63) is 39.9 Å². The van der Waals surface area contributed by atoms with Gasteiger partial charge in [0.05, 0.1) is 10.0 Å². The molecular weight excluding hydrogens is 301 g/mol. The Morgan fingerprint density at radius 2 is 2.00 bits per heavy atom. The number of benzene rings is 1. The maximum atomic E-state index is 13.0. The highest BCUT2D eigenvalue weighted by atomic mass is 79.9. The van der Waals surface area contributed by atoms with Crippen molar-refractivity contribution in [1.29, 1.82) is 0 Å². The van der Waals surface area contributed by atoms with Gasteiger partial charge in [0.1, 0.15) is 23.2 Å². The first-order chi connectivity index (χ1) is 8.47. The van der Waals surface area contributed by atoms with Crippen LogP contribution in [-0.2, 0) is 0 Å². The fourth-order valence-corrected chi connectivity index (χ4v) is 1.82. The first-order valence-electron chi connectivity index (χ1n) is 5.21. The number of anilines is 1. The van der Waals surface area contributed by atoms with Gasteiger partial charge in [-0.3, -0.25) is 0 Å². The summed E-state index contributed by atoms with van der Waals surface area (Å²) in [6, 6.07) is 4.15. The predicted octanol–water partition coefficient (Wildman–Crippen LogP) is 3.37. The molecule has 6 heteroatoms. The van der Waals surface area contributed by atoms with Gasteiger partial charge in [0, 0.05) is 0 Å². The van der Waals surface area contributed by atoms with Gasteiger partial charge >= 0.3 is 0 Å². The predicted molar refractivity (Wildman–Crippen MR) is 70.1 cm³/mol. The average Bonchev–Trinajstić information content (AvgIpc) is 2.29. The third-order valence-electron chi connectivity index (χ3n) is 2.35. The number of nitrogens with two attached hydrogens (primary N) is 1. The zero-order valence-corrected chi connectivity index (χ0v) is 11.5. The van der Waals surface area contributed by atoms with E-state index in [1.807, 2.05) is 0 Å². The van der Waals surface area contributed by atoms with Crippen molar-refractivity contribution >= 4 is 21.7 Å². The zero-order valence-electron chi connectivity index (χ0n) is 9.87. The van der Waals surface area contributed by atoms with Gasteiger partial charge in [0.2, 0.25) is 5.88 Å². The van der Waals surface area contributed by atoms with Crippen LogP contribution in [0.2, 0.25) is 0 Å². The van der Waals surface area contributed by atoms with Crippen molar-refractivity contribution in [2.75, 3.05) is 5.73 Å². The summed E-state index contributed by atoms with van der Waals surface area (Å²) in [6.45, 7) is 3.49. The van der Waals surface area contributed by atoms with Crippen LogP contribution in [0.3, 0.4) is 0 Å². The van der Waals surface area contributed by atoms with Gasteiger partial charge in [0.15, 0.2) is 0 Å². The molecule has 0 aliphatic heterocycles. The molecule has 0 amide bonds. The summed E-state index contributed by atoms with van der Waals surface area (Å²) in [7, 11) is 0. The molecule has 0 aliphatic carbocycles. The summed E-state index contributed by atoms with van der Waals surface area (Å²) in [5.41, 5.74) is 6.38. The molecule has 2 aromatic rings. The van der Waals surface area contributed by atoms with E-state index in [-0.39, 0.29) is 5.82 Å². The maximum absolute atomic E-state index is 13.0. The number of hydrogen-bond donors (Lipinski definition) is 1. The van der Waals surface area contributed by atoms with Gasteiger partial charge in [-0.1, -0.05) is 0 Å². The fraction of sp³-hybridized carbons (Fsp3) is 0.167. The molecular formula is C12H11BrFN3O. The molecule has 0 radical (unpaired) electrons. The van der Waals surface area contributed by atoms with Crippen LogP contribution < -0.4 is 10.5 Å². The number of nitrogens with zero attached hydrogens (tertiary/aromatic N) is 2. The summed E-state index contributed by atoms with van der Waals surface area (Å²) in [5, 5.41) is 0. The topological polar surface area (TPSA) is 61.0 Å². The SMILES string of the molecule is Cc1nc(N)c(C)c(Oc2ccc(F)cc2Br)n1. The zero-order chi connectivity index (χ0) is 13.3. The van der Waals surface area contributed by atoms with Crippen molar-refractivity contribution in [3.8, 4) is 11.6 Å². The van der Waals surface area contributed by atoms with Crippen molar-refractivity contribution < 1.29 is 9.13 Å². The van der Waals surface area contributed by atoms with Crippen LogP contribution in [0.5, 0.6) is 11.6 Å². The highest BCUT2D eigenvalue weighted by molar-refractivity contribution is 9.10. The molecule has 0 spiro atoms. The number of hydrogen-bond acceptors (Lipinski definition) is 4. The Hall–Kier alpha value is -1.69. The quantitative estimate of drug-likeness (QED) is 0.923. The molecule has 1 heterocycles. The molecule has 94 valence electrons. The van der Waals surface area contributed by atoms with E-state index in [4.69, 9.17) is 10.5 Å². The lowest BCUT2D eigenvalue weighted by Gasteiger charge is -2.11. The molecule has 1 aromatic carbocycles. The average molecular weight is 312 g/mol. The number of ether oxygens (including phenoxy) is 1. The molecule has 0 fully saturated rings. The van der Waals surface area contributed by atoms with E-state index in [0.29, 0.717) is 33.3 Å². The Kier molecular flexibility index (Phi) is 3.47. The number of aromatic nitrogens is 2. The number of rotatable bonds is 2. The number of aryl methyl sites for hydroxylation is 1. The largest absolute Gasteiger partial charge is 0.437 e. The molecule has 4 nitrogen and oxygen atoms in total. The summed E-state index contributed by atoms with van der Waals surface area (Å²) in [4.78, 5) is 8.19. The first-order valence-corrected chi connectivity index (χ1v) is 6.00. The molecule has 0 aliphatic rings. The van der Waals surface area contributed by atoms with Gasteiger partial charge < -0.3 is 10.5 Å². The van der Waals surface area contributed by atoms with Crippen LogP contribution in [-0.4, -0.2) is 9.97 Å². The van der Waals surface area contributed by atoms with Crippen molar-refractivity contribution in [3.63, 3.8) is 0 Å². The Morgan fingerprint density at radius 1 is 1.28 bits per heavy atom. The van der Waals surface area contributed by atoms with E-state index in [9.17, 15) is 4.39 Å². The summed E-state index contributed by atoms with van der Waals surface area (Å²) < 4.78 is 19.1. The molecule has 2 rings (SSSR count). The fourth-order valence-electron chi connectivity index (χ4n) is 1.39. The number of halogens is 2. The minimum atomic E-state index is -0.343. The van der Waals surface area contributed by atoms with Gasteiger partial charge in [0.25, 0.3) is 0 Å². The van der Waals surface area contributed by atoms with E-state index < -0.39 is 0 Å². The lowest BCUT2D eigenvalue weighted by atomic mass is 10.3. The van der Waals surface area contributed by atoms with Crippen LogP contribution in [0, 0.1) is 19.7 Å². The highest BCUT2D eigenvalue weighted by Gasteiger charge is 2.11. The van der Waals surface area contributed by atoms with Crippen LogP contribution in [0.25, 0.3) is 0 Å². The van der Waals surface area contributed by atoms with Crippen molar-refractivity contribution in [2.24, 2.45) is 0 Å². The first kappa shape index (κ1) is 12.8. The monoisotopic (exact) mass is 311 g/mol. The maximum Gasteiger partial charge on any atom is 0.227 e. The van der Waals surface area contributed by atoms with Crippen LogP contribution in [0.1, 0.15) is 11.4 Å². The molecule has 0 atom stereocenters. The summed E-state index contributed by atoms with van der Waals surface area (Å²) >= 11 is 3.23. The van der Waals surface area contributed by atoms with E-state index in [1.54, 1.807) is 13.8 Å². The number of nitrogen functional groups attached to an aromatic ring is 1. The van der Waals surface area contributed by atoms with Gasteiger partial charge in [-0.2, -0.15) is 4.98 Å². The van der Waals surface area contributed by atoms with E-state index in [0.717, 1.165) is 0 Å². The highest BCUT2D eigenvalue weighted by Crippen LogP contribution is 2.31. The normalized spacial score (nSPS) is 10.4. The molecule has 0 saturated carbocycles. The Bertz CT molecular complexity index is 604. The van der Waals surface area contributed by atoms with Gasteiger partial charge in [-0.15, -0.1) is 0 Å². The molecule has 0 bridgehead atoms. The lowest BCUT2D eigenvalue weighted by Crippen LogP contribution is -2.02.